The summed E-state index contributed by atoms with van der Waals surface area (Å²) in [5, 5.41) is 3.52. The molecule has 1 saturated heterocycles. The van der Waals surface area contributed by atoms with Crippen molar-refractivity contribution in [2.75, 3.05) is 30.8 Å². The normalized spacial score (nSPS) is 19.1. The zero-order valence-corrected chi connectivity index (χ0v) is 13.4. The predicted molar refractivity (Wildman–Crippen MR) is 89.0 cm³/mol. The third-order valence-corrected chi connectivity index (χ3v) is 5.10. The minimum atomic E-state index is -3.17. The van der Waals surface area contributed by atoms with E-state index >= 15 is 0 Å². The molecule has 0 saturated carbocycles. The monoisotopic (exact) mass is 316 g/mol. The Bertz CT molecular complexity index is 744. The summed E-state index contributed by atoms with van der Waals surface area (Å²) in [6.07, 6.45) is 1.25. The van der Waals surface area contributed by atoms with Gasteiger partial charge in [-0.2, -0.15) is 0 Å². The Morgan fingerprint density at radius 2 is 1.86 bits per heavy atom. The molecule has 0 bridgehead atoms. The van der Waals surface area contributed by atoms with Gasteiger partial charge in [0.2, 0.25) is 0 Å². The molecule has 0 spiro atoms. The van der Waals surface area contributed by atoms with E-state index in [4.69, 9.17) is 0 Å². The number of benzene rings is 2. The Kier molecular flexibility index (Phi) is 4.18. The average molecular weight is 316 g/mol. The van der Waals surface area contributed by atoms with Crippen LogP contribution in [0.4, 0.5) is 5.69 Å². The fourth-order valence-electron chi connectivity index (χ4n) is 2.80. The van der Waals surface area contributed by atoms with Crippen molar-refractivity contribution in [2.45, 2.75) is 10.9 Å². The van der Waals surface area contributed by atoms with Gasteiger partial charge in [-0.25, -0.2) is 8.42 Å². The zero-order chi connectivity index (χ0) is 15.6. The third kappa shape index (κ3) is 3.31. The van der Waals surface area contributed by atoms with E-state index < -0.39 is 9.84 Å². The maximum absolute atomic E-state index is 11.7. The highest BCUT2D eigenvalue weighted by Gasteiger charge is 2.21. The summed E-state index contributed by atoms with van der Waals surface area (Å²) in [6.45, 7) is 2.58. The van der Waals surface area contributed by atoms with Crippen LogP contribution in [-0.2, 0) is 9.84 Å². The molecule has 1 fully saturated rings. The lowest BCUT2D eigenvalue weighted by Crippen LogP contribution is -2.45. The second kappa shape index (κ2) is 6.10. The van der Waals surface area contributed by atoms with E-state index in [9.17, 15) is 8.42 Å². The summed E-state index contributed by atoms with van der Waals surface area (Å²) in [5.74, 6) is 0. The molecule has 2 aromatic rings. The molecule has 1 heterocycles. The molecule has 0 amide bonds. The lowest BCUT2D eigenvalue weighted by molar-refractivity contribution is 0.472. The molecule has 0 aromatic heterocycles. The number of anilines is 1. The molecule has 1 atom stereocenters. The van der Waals surface area contributed by atoms with Gasteiger partial charge < -0.3 is 10.2 Å². The summed E-state index contributed by atoms with van der Waals surface area (Å²) in [7, 11) is -3.17. The molecule has 22 heavy (non-hydrogen) atoms. The standard InChI is InChI=1S/C17H20N2O2S/c1-22(20,21)16-9-5-8-15(12-16)19-11-10-18-17(13-19)14-6-3-2-4-7-14/h2-9,12,17-18H,10-11,13H2,1H3/t17-/m1/s1. The molecule has 2 aromatic carbocycles. The number of rotatable bonds is 3. The molecule has 1 aliphatic heterocycles. The van der Waals surface area contributed by atoms with Gasteiger partial charge in [0.15, 0.2) is 9.84 Å². The fourth-order valence-corrected chi connectivity index (χ4v) is 3.46. The lowest BCUT2D eigenvalue weighted by Gasteiger charge is -2.35. The number of sulfone groups is 1. The van der Waals surface area contributed by atoms with Crippen LogP contribution in [-0.4, -0.2) is 34.3 Å². The van der Waals surface area contributed by atoms with Gasteiger partial charge in [-0.1, -0.05) is 36.4 Å². The number of piperazine rings is 1. The Morgan fingerprint density at radius 1 is 1.09 bits per heavy atom. The van der Waals surface area contributed by atoms with Crippen LogP contribution in [0, 0.1) is 0 Å². The van der Waals surface area contributed by atoms with Crippen molar-refractivity contribution in [3.8, 4) is 0 Å². The van der Waals surface area contributed by atoms with E-state index in [0.717, 1.165) is 25.3 Å². The van der Waals surface area contributed by atoms with Crippen molar-refractivity contribution in [1.82, 2.24) is 5.32 Å². The molecule has 0 unspecified atom stereocenters. The molecular weight excluding hydrogens is 296 g/mol. The molecule has 5 heteroatoms. The summed E-state index contributed by atoms with van der Waals surface area (Å²) >= 11 is 0. The molecular formula is C17H20N2O2S. The van der Waals surface area contributed by atoms with Crippen molar-refractivity contribution in [2.24, 2.45) is 0 Å². The topological polar surface area (TPSA) is 49.4 Å². The SMILES string of the molecule is CS(=O)(=O)c1cccc(N2CCN[C@@H](c3ccccc3)C2)c1. The first kappa shape index (κ1) is 15.1. The summed E-state index contributed by atoms with van der Waals surface area (Å²) < 4.78 is 23.4. The van der Waals surface area contributed by atoms with E-state index in [2.05, 4.69) is 22.3 Å². The van der Waals surface area contributed by atoms with E-state index in [1.54, 1.807) is 12.1 Å². The van der Waals surface area contributed by atoms with Crippen LogP contribution in [0.1, 0.15) is 11.6 Å². The van der Waals surface area contributed by atoms with Crippen molar-refractivity contribution >= 4 is 15.5 Å². The van der Waals surface area contributed by atoms with Crippen molar-refractivity contribution < 1.29 is 8.42 Å². The predicted octanol–water partition coefficient (Wildman–Crippen LogP) is 2.24. The van der Waals surface area contributed by atoms with Crippen LogP contribution >= 0.6 is 0 Å². The zero-order valence-electron chi connectivity index (χ0n) is 12.6. The molecule has 4 nitrogen and oxygen atoms in total. The summed E-state index contributed by atoms with van der Waals surface area (Å²) in [6, 6.07) is 17.8. The highest BCUT2D eigenvalue weighted by atomic mass is 32.2. The molecule has 0 aliphatic carbocycles. The summed E-state index contributed by atoms with van der Waals surface area (Å²) in [4.78, 5) is 2.61. The first-order valence-electron chi connectivity index (χ1n) is 7.37. The fraction of sp³-hybridized carbons (Fsp3) is 0.294. The molecule has 116 valence electrons. The maximum atomic E-state index is 11.7. The quantitative estimate of drug-likeness (QED) is 0.943. The second-order valence-corrected chi connectivity index (χ2v) is 7.65. The lowest BCUT2D eigenvalue weighted by atomic mass is 10.0. The van der Waals surface area contributed by atoms with Crippen molar-refractivity contribution in [3.05, 3.63) is 60.2 Å². The van der Waals surface area contributed by atoms with Crippen molar-refractivity contribution in [1.29, 1.82) is 0 Å². The Labute approximate surface area is 131 Å². The van der Waals surface area contributed by atoms with E-state index in [0.29, 0.717) is 4.90 Å². The van der Waals surface area contributed by atoms with Crippen LogP contribution in [0.25, 0.3) is 0 Å². The van der Waals surface area contributed by atoms with E-state index in [1.807, 2.05) is 30.3 Å². The minimum absolute atomic E-state index is 0.261. The molecule has 1 aliphatic rings. The first-order chi connectivity index (χ1) is 10.5. The van der Waals surface area contributed by atoms with Crippen LogP contribution in [0.2, 0.25) is 0 Å². The van der Waals surface area contributed by atoms with E-state index in [1.165, 1.54) is 11.8 Å². The molecule has 0 radical (unpaired) electrons. The van der Waals surface area contributed by atoms with E-state index in [-0.39, 0.29) is 6.04 Å². The first-order valence-corrected chi connectivity index (χ1v) is 9.26. The highest BCUT2D eigenvalue weighted by Crippen LogP contribution is 2.24. The van der Waals surface area contributed by atoms with Crippen LogP contribution in [0.3, 0.4) is 0 Å². The Hall–Kier alpha value is -1.85. The van der Waals surface area contributed by atoms with Gasteiger partial charge in [-0.05, 0) is 23.8 Å². The van der Waals surface area contributed by atoms with Gasteiger partial charge >= 0.3 is 0 Å². The van der Waals surface area contributed by atoms with Crippen molar-refractivity contribution in [3.63, 3.8) is 0 Å². The van der Waals surface area contributed by atoms with Crippen LogP contribution in [0.15, 0.2) is 59.5 Å². The average Bonchev–Trinajstić information content (AvgIpc) is 2.55. The number of nitrogens with one attached hydrogen (secondary N) is 1. The maximum Gasteiger partial charge on any atom is 0.175 e. The van der Waals surface area contributed by atoms with Crippen LogP contribution in [0.5, 0.6) is 0 Å². The van der Waals surface area contributed by atoms with Gasteiger partial charge in [-0.15, -0.1) is 0 Å². The van der Waals surface area contributed by atoms with Gasteiger partial charge in [0.05, 0.1) is 4.90 Å². The molecule has 3 rings (SSSR count). The second-order valence-electron chi connectivity index (χ2n) is 5.63. The number of hydrogen-bond acceptors (Lipinski definition) is 4. The Balaban J connectivity index is 1.83. The summed E-state index contributed by atoms with van der Waals surface area (Å²) in [5.41, 5.74) is 2.22. The Morgan fingerprint density at radius 3 is 2.59 bits per heavy atom. The largest absolute Gasteiger partial charge is 0.368 e. The molecule has 1 N–H and O–H groups in total. The highest BCUT2D eigenvalue weighted by molar-refractivity contribution is 7.90. The minimum Gasteiger partial charge on any atom is -0.368 e. The smallest absolute Gasteiger partial charge is 0.175 e. The van der Waals surface area contributed by atoms with Gasteiger partial charge in [0.25, 0.3) is 0 Å². The number of hydrogen-bond donors (Lipinski definition) is 1. The van der Waals surface area contributed by atoms with Gasteiger partial charge in [0, 0.05) is 37.6 Å². The van der Waals surface area contributed by atoms with Gasteiger partial charge in [-0.3, -0.25) is 0 Å². The van der Waals surface area contributed by atoms with Gasteiger partial charge in [0.1, 0.15) is 0 Å². The number of nitrogens with zero attached hydrogens (tertiary/aromatic N) is 1. The van der Waals surface area contributed by atoms with Crippen LogP contribution < -0.4 is 10.2 Å². The third-order valence-electron chi connectivity index (χ3n) is 3.99.